The van der Waals surface area contributed by atoms with Gasteiger partial charge in [0, 0.05) is 23.5 Å². The van der Waals surface area contributed by atoms with E-state index in [4.69, 9.17) is 16.7 Å². The van der Waals surface area contributed by atoms with Crippen LogP contribution in [0, 0.1) is 0 Å². The first-order chi connectivity index (χ1) is 10.5. The quantitative estimate of drug-likeness (QED) is 0.675. The van der Waals surface area contributed by atoms with Crippen molar-refractivity contribution in [1.29, 1.82) is 0 Å². The van der Waals surface area contributed by atoms with Crippen LogP contribution in [0.5, 0.6) is 0 Å². The number of amides is 2. The lowest BCUT2D eigenvalue weighted by atomic mass is 9.73. The third kappa shape index (κ3) is 4.91. The minimum Gasteiger partial charge on any atom is -0.481 e. The van der Waals surface area contributed by atoms with E-state index in [1.807, 2.05) is 24.3 Å². The second-order valence-electron chi connectivity index (χ2n) is 5.82. The molecule has 0 radical (unpaired) electrons. The molecule has 0 bridgehead atoms. The predicted molar refractivity (Wildman–Crippen MR) is 85.1 cm³/mol. The molecule has 0 atom stereocenters. The molecule has 120 valence electrons. The molecule has 0 aliphatic heterocycles. The Morgan fingerprint density at radius 3 is 2.45 bits per heavy atom. The lowest BCUT2D eigenvalue weighted by molar-refractivity contribution is -0.137. The summed E-state index contributed by atoms with van der Waals surface area (Å²) in [5.74, 6) is -0.847. The van der Waals surface area contributed by atoms with Crippen LogP contribution in [0.4, 0.5) is 4.79 Å². The summed E-state index contributed by atoms with van der Waals surface area (Å²) in [4.78, 5) is 22.4. The third-order valence-electron chi connectivity index (χ3n) is 4.00. The van der Waals surface area contributed by atoms with E-state index in [0.717, 1.165) is 31.2 Å². The van der Waals surface area contributed by atoms with Crippen molar-refractivity contribution in [2.75, 3.05) is 6.54 Å². The smallest absolute Gasteiger partial charge is 0.315 e. The highest BCUT2D eigenvalue weighted by molar-refractivity contribution is 6.30. The number of carboxylic acids is 1. The maximum absolute atomic E-state index is 11.9. The molecular formula is C16H21ClN2O3. The van der Waals surface area contributed by atoms with Crippen LogP contribution in [0.2, 0.25) is 5.02 Å². The number of carbonyl (C=O) groups excluding carboxylic acids is 1. The van der Waals surface area contributed by atoms with Crippen molar-refractivity contribution in [1.82, 2.24) is 10.6 Å². The Morgan fingerprint density at radius 2 is 1.91 bits per heavy atom. The van der Waals surface area contributed by atoms with Gasteiger partial charge >= 0.3 is 12.0 Å². The topological polar surface area (TPSA) is 78.4 Å². The Balaban J connectivity index is 1.81. The van der Waals surface area contributed by atoms with Gasteiger partial charge in [-0.25, -0.2) is 4.79 Å². The summed E-state index contributed by atoms with van der Waals surface area (Å²) in [6, 6.07) is 7.45. The summed E-state index contributed by atoms with van der Waals surface area (Å²) in [6.45, 7) is 0.370. The highest BCUT2D eigenvalue weighted by Crippen LogP contribution is 2.35. The molecule has 5 nitrogen and oxygen atoms in total. The van der Waals surface area contributed by atoms with Gasteiger partial charge in [-0.1, -0.05) is 23.7 Å². The fourth-order valence-electron chi connectivity index (χ4n) is 2.67. The highest BCUT2D eigenvalue weighted by atomic mass is 35.5. The number of hydrogen-bond acceptors (Lipinski definition) is 2. The van der Waals surface area contributed by atoms with Gasteiger partial charge in [0.1, 0.15) is 0 Å². The molecule has 6 heteroatoms. The monoisotopic (exact) mass is 324 g/mol. The Hall–Kier alpha value is -1.75. The fraction of sp³-hybridized carbons (Fsp3) is 0.500. The number of carbonyl (C=O) groups is 2. The first-order valence-electron chi connectivity index (χ1n) is 7.51. The zero-order chi connectivity index (χ0) is 16.0. The molecule has 0 heterocycles. The van der Waals surface area contributed by atoms with Crippen molar-refractivity contribution in [2.45, 2.75) is 44.1 Å². The summed E-state index contributed by atoms with van der Waals surface area (Å²) in [5, 5.41) is 15.0. The Kier molecular flexibility index (Phi) is 5.66. The van der Waals surface area contributed by atoms with E-state index in [1.165, 1.54) is 0 Å². The van der Waals surface area contributed by atoms with E-state index in [0.29, 0.717) is 18.0 Å². The average molecular weight is 325 g/mol. The van der Waals surface area contributed by atoms with Crippen molar-refractivity contribution in [3.8, 4) is 0 Å². The lowest BCUT2D eigenvalue weighted by Crippen LogP contribution is -2.57. The predicted octanol–water partition coefficient (Wildman–Crippen LogP) is 2.97. The standard InChI is InChI=1S/C16H21ClN2O3/c17-13-6-4-12(5-7-13)11-16(8-2-9-16)19-15(22)18-10-1-3-14(20)21/h4-7H,1-3,8-11H2,(H,20,21)(H2,18,19,22). The zero-order valence-electron chi connectivity index (χ0n) is 12.4. The van der Waals surface area contributed by atoms with Crippen LogP contribution < -0.4 is 10.6 Å². The van der Waals surface area contributed by atoms with Gasteiger partial charge in [-0.3, -0.25) is 4.79 Å². The second-order valence-corrected chi connectivity index (χ2v) is 6.25. The van der Waals surface area contributed by atoms with Crippen LogP contribution in [0.15, 0.2) is 24.3 Å². The molecular weight excluding hydrogens is 304 g/mol. The van der Waals surface area contributed by atoms with Gasteiger partial charge in [0.15, 0.2) is 0 Å². The maximum atomic E-state index is 11.9. The van der Waals surface area contributed by atoms with E-state index in [2.05, 4.69) is 10.6 Å². The Bertz CT molecular complexity index is 527. The van der Waals surface area contributed by atoms with Gasteiger partial charge in [-0.05, 0) is 49.8 Å². The summed E-state index contributed by atoms with van der Waals surface area (Å²) in [5.41, 5.74) is 0.959. The molecule has 1 saturated carbocycles. The summed E-state index contributed by atoms with van der Waals surface area (Å²) >= 11 is 5.89. The molecule has 1 aliphatic carbocycles. The average Bonchev–Trinajstić information content (AvgIpc) is 2.43. The molecule has 1 aromatic carbocycles. The molecule has 1 fully saturated rings. The lowest BCUT2D eigenvalue weighted by Gasteiger charge is -2.42. The number of rotatable bonds is 7. The maximum Gasteiger partial charge on any atom is 0.315 e. The largest absolute Gasteiger partial charge is 0.481 e. The summed E-state index contributed by atoms with van der Waals surface area (Å²) in [7, 11) is 0. The van der Waals surface area contributed by atoms with Gasteiger partial charge in [-0.15, -0.1) is 0 Å². The molecule has 1 aromatic rings. The fourth-order valence-corrected chi connectivity index (χ4v) is 2.80. The SMILES string of the molecule is O=C(O)CCCNC(=O)NC1(Cc2ccc(Cl)cc2)CCC1. The molecule has 0 saturated heterocycles. The minimum absolute atomic E-state index is 0.0657. The van der Waals surface area contributed by atoms with E-state index >= 15 is 0 Å². The number of carboxylic acid groups (broad SMARTS) is 1. The molecule has 0 unspecified atom stereocenters. The van der Waals surface area contributed by atoms with Crippen LogP contribution in [-0.2, 0) is 11.2 Å². The van der Waals surface area contributed by atoms with Crippen LogP contribution in [-0.4, -0.2) is 29.2 Å². The second kappa shape index (κ2) is 7.49. The first kappa shape index (κ1) is 16.6. The minimum atomic E-state index is -0.847. The summed E-state index contributed by atoms with van der Waals surface area (Å²) in [6.07, 6.45) is 4.30. The van der Waals surface area contributed by atoms with Crippen LogP contribution >= 0.6 is 11.6 Å². The molecule has 1 aliphatic rings. The molecule has 2 rings (SSSR count). The van der Waals surface area contributed by atoms with Gasteiger partial charge < -0.3 is 15.7 Å². The van der Waals surface area contributed by atoms with Crippen LogP contribution in [0.25, 0.3) is 0 Å². The number of aliphatic carboxylic acids is 1. The zero-order valence-corrected chi connectivity index (χ0v) is 13.2. The van der Waals surface area contributed by atoms with Crippen molar-refractivity contribution in [3.63, 3.8) is 0 Å². The van der Waals surface area contributed by atoms with E-state index < -0.39 is 5.97 Å². The van der Waals surface area contributed by atoms with E-state index in [1.54, 1.807) is 0 Å². The number of urea groups is 1. The van der Waals surface area contributed by atoms with Crippen molar-refractivity contribution in [3.05, 3.63) is 34.9 Å². The highest BCUT2D eigenvalue weighted by Gasteiger charge is 2.38. The molecule has 0 aromatic heterocycles. The molecule has 0 spiro atoms. The number of benzene rings is 1. The van der Waals surface area contributed by atoms with Gasteiger partial charge in [0.25, 0.3) is 0 Å². The van der Waals surface area contributed by atoms with Crippen LogP contribution in [0.3, 0.4) is 0 Å². The van der Waals surface area contributed by atoms with Crippen molar-refractivity contribution in [2.24, 2.45) is 0 Å². The Morgan fingerprint density at radius 1 is 1.23 bits per heavy atom. The Labute approximate surface area is 135 Å². The van der Waals surface area contributed by atoms with Crippen LogP contribution in [0.1, 0.15) is 37.7 Å². The van der Waals surface area contributed by atoms with Crippen molar-refractivity contribution < 1.29 is 14.7 Å². The molecule has 22 heavy (non-hydrogen) atoms. The summed E-state index contributed by atoms with van der Waals surface area (Å²) < 4.78 is 0. The van der Waals surface area contributed by atoms with Crippen molar-refractivity contribution >= 4 is 23.6 Å². The van der Waals surface area contributed by atoms with Gasteiger partial charge in [-0.2, -0.15) is 0 Å². The number of nitrogens with one attached hydrogen (secondary N) is 2. The molecule has 2 amide bonds. The van der Waals surface area contributed by atoms with Gasteiger partial charge in [0.2, 0.25) is 0 Å². The third-order valence-corrected chi connectivity index (χ3v) is 4.25. The van der Waals surface area contributed by atoms with E-state index in [9.17, 15) is 9.59 Å². The normalized spacial score (nSPS) is 15.7. The first-order valence-corrected chi connectivity index (χ1v) is 7.89. The van der Waals surface area contributed by atoms with E-state index in [-0.39, 0.29) is 18.0 Å². The number of hydrogen-bond donors (Lipinski definition) is 3. The number of halogens is 1. The van der Waals surface area contributed by atoms with Gasteiger partial charge in [0.05, 0.1) is 0 Å². The molecule has 3 N–H and O–H groups in total.